The van der Waals surface area contributed by atoms with Crippen molar-refractivity contribution in [1.82, 2.24) is 14.4 Å². The first-order valence-electron chi connectivity index (χ1n) is 8.87. The molecule has 0 saturated carbocycles. The van der Waals surface area contributed by atoms with Crippen LogP contribution in [0.25, 0.3) is 27.6 Å². The van der Waals surface area contributed by atoms with Gasteiger partial charge in [0.05, 0.1) is 23.2 Å². The molecule has 4 nitrogen and oxygen atoms in total. The van der Waals surface area contributed by atoms with Crippen molar-refractivity contribution < 1.29 is 4.74 Å². The zero-order chi connectivity index (χ0) is 18.1. The Bertz CT molecular complexity index is 1230. The lowest BCUT2D eigenvalue weighted by atomic mass is 10.2. The van der Waals surface area contributed by atoms with E-state index in [-0.39, 0.29) is 0 Å². The van der Waals surface area contributed by atoms with Crippen molar-refractivity contribution in [1.29, 1.82) is 0 Å². The first kappa shape index (κ1) is 16.1. The van der Waals surface area contributed by atoms with Crippen molar-refractivity contribution in [3.8, 4) is 5.75 Å². The number of aromatic nitrogens is 3. The highest BCUT2D eigenvalue weighted by atomic mass is 32.2. The second-order valence-electron chi connectivity index (χ2n) is 6.18. The van der Waals surface area contributed by atoms with Crippen LogP contribution in [0.4, 0.5) is 0 Å². The highest BCUT2D eigenvalue weighted by molar-refractivity contribution is 7.99. The van der Waals surface area contributed by atoms with Gasteiger partial charge in [-0.1, -0.05) is 54.2 Å². The molecule has 0 atom stereocenters. The van der Waals surface area contributed by atoms with E-state index in [9.17, 15) is 0 Å². The number of rotatable bonds is 5. The van der Waals surface area contributed by atoms with Crippen LogP contribution in [0.5, 0.6) is 5.75 Å². The number of imidazole rings is 1. The van der Waals surface area contributed by atoms with E-state index in [1.807, 2.05) is 66.7 Å². The van der Waals surface area contributed by atoms with Crippen LogP contribution in [0.15, 0.2) is 84.0 Å². The van der Waals surface area contributed by atoms with Crippen LogP contribution in [0.1, 0.15) is 0 Å². The maximum absolute atomic E-state index is 5.82. The molecule has 5 rings (SSSR count). The molecule has 0 aliphatic carbocycles. The second-order valence-corrected chi connectivity index (χ2v) is 7.24. The van der Waals surface area contributed by atoms with Crippen molar-refractivity contribution in [3.63, 3.8) is 0 Å². The van der Waals surface area contributed by atoms with Crippen LogP contribution in [-0.2, 0) is 0 Å². The van der Waals surface area contributed by atoms with Crippen LogP contribution >= 0.6 is 11.8 Å². The quantitative estimate of drug-likeness (QED) is 0.242. The van der Waals surface area contributed by atoms with Gasteiger partial charge in [-0.05, 0) is 36.4 Å². The Balaban J connectivity index is 1.52. The summed E-state index contributed by atoms with van der Waals surface area (Å²) in [5.74, 6) is 1.70. The lowest BCUT2D eigenvalue weighted by Crippen LogP contribution is -2.03. The summed E-state index contributed by atoms with van der Waals surface area (Å²) in [5.41, 5.74) is 3.98. The van der Waals surface area contributed by atoms with Crippen molar-refractivity contribution in [3.05, 3.63) is 78.9 Å². The maximum atomic E-state index is 5.82. The van der Waals surface area contributed by atoms with Gasteiger partial charge in [-0.3, -0.25) is 4.40 Å². The van der Waals surface area contributed by atoms with Crippen molar-refractivity contribution in [2.24, 2.45) is 0 Å². The average Bonchev–Trinajstić information content (AvgIpc) is 3.12. The molecular weight excluding hydrogens is 354 g/mol. The molecule has 0 aliphatic heterocycles. The number of hydrogen-bond acceptors (Lipinski definition) is 4. The Kier molecular flexibility index (Phi) is 4.14. The zero-order valence-electron chi connectivity index (χ0n) is 14.6. The number of para-hydroxylation sites is 4. The van der Waals surface area contributed by atoms with E-state index in [0.29, 0.717) is 6.61 Å². The molecule has 0 spiro atoms. The number of ether oxygens (including phenoxy) is 1. The Labute approximate surface area is 160 Å². The van der Waals surface area contributed by atoms with Gasteiger partial charge in [0.25, 0.3) is 0 Å². The highest BCUT2D eigenvalue weighted by Gasteiger charge is 2.13. The van der Waals surface area contributed by atoms with E-state index in [1.165, 1.54) is 0 Å². The van der Waals surface area contributed by atoms with E-state index >= 15 is 0 Å². The number of fused-ring (bicyclic) bond motifs is 5. The number of nitrogens with zero attached hydrogens (tertiary/aromatic N) is 3. The molecule has 2 heterocycles. The fourth-order valence-electron chi connectivity index (χ4n) is 3.22. The van der Waals surface area contributed by atoms with Crippen LogP contribution in [-0.4, -0.2) is 26.7 Å². The Morgan fingerprint density at radius 3 is 2.41 bits per heavy atom. The van der Waals surface area contributed by atoms with Gasteiger partial charge in [0.1, 0.15) is 11.4 Å². The van der Waals surface area contributed by atoms with Crippen molar-refractivity contribution in [2.75, 3.05) is 12.4 Å². The molecule has 0 saturated heterocycles. The standard InChI is InChI=1S/C22H17N3OS/c1-2-8-16(9-3-1)26-14-15-27-22-24-18-11-5-4-10-17(18)21-23-19-12-6-7-13-20(19)25(21)22/h1-13H,14-15H2. The van der Waals surface area contributed by atoms with Gasteiger partial charge in [-0.25, -0.2) is 9.97 Å². The lowest BCUT2D eigenvalue weighted by molar-refractivity contribution is 0.344. The molecule has 2 aromatic heterocycles. The van der Waals surface area contributed by atoms with E-state index in [0.717, 1.165) is 44.2 Å². The molecule has 0 amide bonds. The third-order valence-corrected chi connectivity index (χ3v) is 5.34. The predicted molar refractivity (Wildman–Crippen MR) is 111 cm³/mol. The summed E-state index contributed by atoms with van der Waals surface area (Å²) in [4.78, 5) is 9.76. The minimum absolute atomic E-state index is 0.622. The summed E-state index contributed by atoms with van der Waals surface area (Å²) in [6, 6.07) is 26.3. The third kappa shape index (κ3) is 3.00. The van der Waals surface area contributed by atoms with E-state index < -0.39 is 0 Å². The van der Waals surface area contributed by atoms with Gasteiger partial charge < -0.3 is 4.74 Å². The van der Waals surface area contributed by atoms with Crippen LogP contribution in [0, 0.1) is 0 Å². The van der Waals surface area contributed by atoms with Crippen LogP contribution < -0.4 is 4.74 Å². The van der Waals surface area contributed by atoms with Gasteiger partial charge >= 0.3 is 0 Å². The zero-order valence-corrected chi connectivity index (χ0v) is 15.4. The molecule has 132 valence electrons. The molecule has 5 aromatic rings. The summed E-state index contributed by atoms with van der Waals surface area (Å²) in [6.07, 6.45) is 0. The fraction of sp³-hybridized carbons (Fsp3) is 0.0909. The molecule has 5 heteroatoms. The molecule has 0 aliphatic rings. The van der Waals surface area contributed by atoms with Gasteiger partial charge in [-0.15, -0.1) is 0 Å². The normalized spacial score (nSPS) is 11.4. The number of thioether (sulfide) groups is 1. The lowest BCUT2D eigenvalue weighted by Gasteiger charge is -2.09. The summed E-state index contributed by atoms with van der Waals surface area (Å²) >= 11 is 1.69. The Hall–Kier alpha value is -3.05. The first-order valence-corrected chi connectivity index (χ1v) is 9.85. The largest absolute Gasteiger partial charge is 0.493 e. The summed E-state index contributed by atoms with van der Waals surface area (Å²) in [7, 11) is 0. The first-order chi connectivity index (χ1) is 13.4. The van der Waals surface area contributed by atoms with E-state index in [1.54, 1.807) is 11.8 Å². The summed E-state index contributed by atoms with van der Waals surface area (Å²) in [6.45, 7) is 0.622. The van der Waals surface area contributed by atoms with Crippen LogP contribution in [0.3, 0.4) is 0 Å². The average molecular weight is 371 g/mol. The minimum atomic E-state index is 0.622. The molecule has 0 radical (unpaired) electrons. The van der Waals surface area contributed by atoms with Crippen molar-refractivity contribution >= 4 is 39.3 Å². The van der Waals surface area contributed by atoms with Gasteiger partial charge in [0.2, 0.25) is 0 Å². The molecule has 27 heavy (non-hydrogen) atoms. The van der Waals surface area contributed by atoms with Gasteiger partial charge in [-0.2, -0.15) is 0 Å². The molecule has 3 aromatic carbocycles. The SMILES string of the molecule is c1ccc(OCCSc2nc3ccccc3c3nc4ccccc4n23)cc1. The molecule has 0 bridgehead atoms. The van der Waals surface area contributed by atoms with E-state index in [4.69, 9.17) is 14.7 Å². The molecular formula is C22H17N3OS. The monoisotopic (exact) mass is 371 g/mol. The maximum Gasteiger partial charge on any atom is 0.174 e. The van der Waals surface area contributed by atoms with E-state index in [2.05, 4.69) is 16.5 Å². The summed E-state index contributed by atoms with van der Waals surface area (Å²) < 4.78 is 7.98. The Morgan fingerprint density at radius 1 is 0.778 bits per heavy atom. The fourth-order valence-corrected chi connectivity index (χ4v) is 4.05. The minimum Gasteiger partial charge on any atom is -0.493 e. The molecule has 0 fully saturated rings. The predicted octanol–water partition coefficient (Wildman–Crippen LogP) is 5.21. The molecule has 0 N–H and O–H groups in total. The number of benzene rings is 3. The molecule has 0 unspecified atom stereocenters. The number of hydrogen-bond donors (Lipinski definition) is 0. The second kappa shape index (κ2) is 6.93. The van der Waals surface area contributed by atoms with Gasteiger partial charge in [0.15, 0.2) is 5.16 Å². The highest BCUT2D eigenvalue weighted by Crippen LogP contribution is 2.28. The smallest absolute Gasteiger partial charge is 0.174 e. The topological polar surface area (TPSA) is 39.4 Å². The Morgan fingerprint density at radius 2 is 1.52 bits per heavy atom. The van der Waals surface area contributed by atoms with Gasteiger partial charge in [0, 0.05) is 11.1 Å². The van der Waals surface area contributed by atoms with Crippen LogP contribution in [0.2, 0.25) is 0 Å². The van der Waals surface area contributed by atoms with Crippen molar-refractivity contribution in [2.45, 2.75) is 5.16 Å². The third-order valence-electron chi connectivity index (χ3n) is 4.44. The summed E-state index contributed by atoms with van der Waals surface area (Å²) in [5, 5.41) is 2.01.